The Labute approximate surface area is 231 Å². The van der Waals surface area contributed by atoms with Crippen molar-refractivity contribution in [3.05, 3.63) is 0 Å². The molecule has 0 radical (unpaired) electrons. The number of carbonyl (C=O) groups excluding carboxylic acids is 3. The number of likely N-dealkylation sites (tertiary alicyclic amines) is 1. The van der Waals surface area contributed by atoms with Gasteiger partial charge in [-0.25, -0.2) is 4.79 Å². The standard InChI is InChI=1S/C21H38N2O8S.C3H8.C2H6.H2/c1-18(24)2-3-20(25)22-6-9-27-10-11-28-12-13-29-14-15-30-16-17-31-21(26)23-7-4-19(32)5-8-23;1-3-2;1-2;/h19,32H,2-17H2,1H3,(H,22,25);3H2,1-2H3;1-2H3;1H. The Balaban J connectivity index is -0.00000190. The van der Waals surface area contributed by atoms with E-state index >= 15 is 0 Å². The largest absolute Gasteiger partial charge is 0.447 e. The second kappa shape index (κ2) is 29.2. The first-order chi connectivity index (χ1) is 17.9. The lowest BCUT2D eigenvalue weighted by Gasteiger charge is -2.28. The normalized spacial score (nSPS) is 13.1. The number of ether oxygens (including phenoxy) is 5. The molecule has 0 aliphatic carbocycles. The number of rotatable bonds is 18. The number of carbonyl (C=O) groups is 3. The molecule has 1 aliphatic heterocycles. The summed E-state index contributed by atoms with van der Waals surface area (Å²) in [6.45, 7) is 15.1. The molecule has 222 valence electrons. The highest BCUT2D eigenvalue weighted by Gasteiger charge is 2.21. The van der Waals surface area contributed by atoms with E-state index in [1.165, 1.54) is 13.3 Å². The average molecular weight is 555 g/mol. The van der Waals surface area contributed by atoms with Crippen molar-refractivity contribution in [1.82, 2.24) is 10.2 Å². The summed E-state index contributed by atoms with van der Waals surface area (Å²) in [6.07, 6.45) is 3.23. The molecule has 37 heavy (non-hydrogen) atoms. The number of amides is 2. The number of hydrogen-bond acceptors (Lipinski definition) is 9. The highest BCUT2D eigenvalue weighted by Crippen LogP contribution is 2.15. The van der Waals surface area contributed by atoms with Crippen LogP contribution in [0.15, 0.2) is 0 Å². The van der Waals surface area contributed by atoms with Gasteiger partial charge < -0.3 is 38.7 Å². The number of thiol groups is 1. The van der Waals surface area contributed by atoms with Crippen LogP contribution in [0, 0.1) is 0 Å². The van der Waals surface area contributed by atoms with Crippen molar-refractivity contribution in [3.8, 4) is 0 Å². The third kappa shape index (κ3) is 27.5. The maximum absolute atomic E-state index is 11.9. The van der Waals surface area contributed by atoms with Gasteiger partial charge in [0.15, 0.2) is 0 Å². The van der Waals surface area contributed by atoms with E-state index in [2.05, 4.69) is 31.8 Å². The molecule has 10 nitrogen and oxygen atoms in total. The van der Waals surface area contributed by atoms with Crippen LogP contribution in [-0.4, -0.2) is 107 Å². The Morgan fingerprint density at radius 2 is 1.24 bits per heavy atom. The van der Waals surface area contributed by atoms with Crippen molar-refractivity contribution in [2.45, 2.75) is 72.0 Å². The fraction of sp³-hybridized carbons (Fsp3) is 0.885. The molecule has 0 saturated carbocycles. The van der Waals surface area contributed by atoms with Gasteiger partial charge in [0.25, 0.3) is 0 Å². The number of Topliss-reactive ketones (excluding diaryl/α,β-unsaturated/α-hetero) is 1. The van der Waals surface area contributed by atoms with E-state index in [4.69, 9.17) is 23.7 Å². The molecule has 1 fully saturated rings. The highest BCUT2D eigenvalue weighted by atomic mass is 32.1. The van der Waals surface area contributed by atoms with Crippen molar-refractivity contribution >= 4 is 30.4 Å². The maximum atomic E-state index is 11.9. The van der Waals surface area contributed by atoms with Gasteiger partial charge in [-0.05, 0) is 19.8 Å². The van der Waals surface area contributed by atoms with Crippen LogP contribution in [0.1, 0.15) is 68.1 Å². The monoisotopic (exact) mass is 554 g/mol. The maximum Gasteiger partial charge on any atom is 0.409 e. The van der Waals surface area contributed by atoms with Crippen LogP contribution in [0.4, 0.5) is 4.79 Å². The summed E-state index contributed by atoms with van der Waals surface area (Å²) >= 11 is 4.41. The Morgan fingerprint density at radius 1 is 0.811 bits per heavy atom. The smallest absolute Gasteiger partial charge is 0.409 e. The Kier molecular flexibility index (Phi) is 29.8. The third-order valence-corrected chi connectivity index (χ3v) is 5.08. The first-order valence-electron chi connectivity index (χ1n) is 13.6. The summed E-state index contributed by atoms with van der Waals surface area (Å²) in [5.41, 5.74) is 0. The first-order valence-corrected chi connectivity index (χ1v) is 14.1. The fourth-order valence-corrected chi connectivity index (χ4v) is 2.96. The van der Waals surface area contributed by atoms with Crippen LogP contribution in [-0.2, 0) is 33.3 Å². The zero-order valence-electron chi connectivity index (χ0n) is 23.8. The quantitative estimate of drug-likeness (QED) is 0.195. The molecule has 1 rings (SSSR count). The lowest BCUT2D eigenvalue weighted by molar-refractivity contribution is -0.124. The second-order valence-corrected chi connectivity index (χ2v) is 8.77. The van der Waals surface area contributed by atoms with Gasteiger partial charge in [-0.15, -0.1) is 0 Å². The molecule has 1 heterocycles. The molecule has 0 unspecified atom stereocenters. The highest BCUT2D eigenvalue weighted by molar-refractivity contribution is 7.80. The molecule has 1 aliphatic rings. The number of piperidine rings is 1. The predicted molar refractivity (Wildman–Crippen MR) is 151 cm³/mol. The molecular weight excluding hydrogens is 500 g/mol. The minimum Gasteiger partial charge on any atom is -0.447 e. The fourth-order valence-electron chi connectivity index (χ4n) is 2.73. The van der Waals surface area contributed by atoms with E-state index < -0.39 is 0 Å². The summed E-state index contributed by atoms with van der Waals surface area (Å²) in [6, 6.07) is 0. The minimum atomic E-state index is -0.291. The van der Waals surface area contributed by atoms with Crippen LogP contribution in [0.3, 0.4) is 0 Å². The van der Waals surface area contributed by atoms with Gasteiger partial charge in [-0.2, -0.15) is 12.6 Å². The Morgan fingerprint density at radius 3 is 1.70 bits per heavy atom. The molecule has 0 bridgehead atoms. The van der Waals surface area contributed by atoms with Gasteiger partial charge in [-0.3, -0.25) is 4.79 Å². The SMILES string of the molecule is CC.CC(=O)CCC(=O)NCCOCCOCCOCCOCCOC(=O)N1CCC(S)CC1.CCC.[HH]. The van der Waals surface area contributed by atoms with Crippen molar-refractivity contribution in [2.24, 2.45) is 0 Å². The number of nitrogens with zero attached hydrogens (tertiary/aromatic N) is 1. The van der Waals surface area contributed by atoms with Crippen molar-refractivity contribution in [3.63, 3.8) is 0 Å². The third-order valence-electron chi connectivity index (χ3n) is 4.56. The summed E-state index contributed by atoms with van der Waals surface area (Å²) in [5.74, 6) is -0.143. The van der Waals surface area contributed by atoms with Gasteiger partial charge >= 0.3 is 6.09 Å². The van der Waals surface area contributed by atoms with Crippen LogP contribution in [0.5, 0.6) is 0 Å². The summed E-state index contributed by atoms with van der Waals surface area (Å²) in [5, 5.41) is 3.06. The van der Waals surface area contributed by atoms with Gasteiger partial charge in [-0.1, -0.05) is 34.1 Å². The van der Waals surface area contributed by atoms with Crippen molar-refractivity contribution < 1.29 is 39.5 Å². The molecule has 11 heteroatoms. The van der Waals surface area contributed by atoms with E-state index in [1.54, 1.807) is 4.90 Å². The number of hydrogen-bond donors (Lipinski definition) is 2. The first kappa shape index (κ1) is 37.8. The summed E-state index contributed by atoms with van der Waals surface area (Å²) in [4.78, 5) is 35.7. The van der Waals surface area contributed by atoms with Gasteiger partial charge in [0, 0.05) is 39.2 Å². The molecule has 1 N–H and O–H groups in total. The number of ketones is 1. The number of nitrogens with one attached hydrogen (secondary N) is 1. The molecule has 0 spiro atoms. The van der Waals surface area contributed by atoms with E-state index in [1.807, 2.05) is 13.8 Å². The van der Waals surface area contributed by atoms with E-state index in [0.717, 1.165) is 12.8 Å². The zero-order valence-corrected chi connectivity index (χ0v) is 24.7. The van der Waals surface area contributed by atoms with Crippen LogP contribution < -0.4 is 5.32 Å². The average Bonchev–Trinajstić information content (AvgIpc) is 2.89. The summed E-state index contributed by atoms with van der Waals surface area (Å²) < 4.78 is 26.7. The predicted octanol–water partition coefficient (Wildman–Crippen LogP) is 3.76. The molecule has 0 aromatic carbocycles. The topological polar surface area (TPSA) is 113 Å². The second-order valence-electron chi connectivity index (χ2n) is 8.04. The lowest BCUT2D eigenvalue weighted by Crippen LogP contribution is -2.39. The molecule has 0 aromatic rings. The van der Waals surface area contributed by atoms with E-state index in [-0.39, 0.29) is 38.7 Å². The van der Waals surface area contributed by atoms with Gasteiger partial charge in [0.2, 0.25) is 5.91 Å². The van der Waals surface area contributed by atoms with Crippen LogP contribution >= 0.6 is 12.6 Å². The van der Waals surface area contributed by atoms with Crippen LogP contribution in [0.2, 0.25) is 0 Å². The van der Waals surface area contributed by atoms with Crippen LogP contribution in [0.25, 0.3) is 0 Å². The molecule has 2 amide bonds. The van der Waals surface area contributed by atoms with Gasteiger partial charge in [0.05, 0.1) is 52.9 Å². The lowest BCUT2D eigenvalue weighted by atomic mass is 10.1. The van der Waals surface area contributed by atoms with E-state index in [0.29, 0.717) is 77.7 Å². The summed E-state index contributed by atoms with van der Waals surface area (Å²) in [7, 11) is 0. The van der Waals surface area contributed by atoms with Crippen molar-refractivity contribution in [2.75, 3.05) is 79.1 Å². The molecular formula is C26H54N2O8S. The molecule has 0 aromatic heterocycles. The molecule has 0 atom stereocenters. The van der Waals surface area contributed by atoms with Crippen molar-refractivity contribution in [1.29, 1.82) is 0 Å². The Hall–Kier alpha value is -1.40. The minimum absolute atomic E-state index is 0. The van der Waals surface area contributed by atoms with Gasteiger partial charge in [0.1, 0.15) is 12.4 Å². The Bertz CT molecular complexity index is 553. The molecule has 1 saturated heterocycles. The van der Waals surface area contributed by atoms with E-state index in [9.17, 15) is 14.4 Å². The zero-order chi connectivity index (χ0) is 28.2.